The molecule has 1 saturated carbocycles. The van der Waals surface area contributed by atoms with Gasteiger partial charge in [-0.15, -0.1) is 0 Å². The van der Waals surface area contributed by atoms with Crippen LogP contribution < -0.4 is 5.73 Å². The largest absolute Gasteiger partial charge is 0.383 e. The van der Waals surface area contributed by atoms with Crippen LogP contribution in [0.25, 0.3) is 0 Å². The summed E-state index contributed by atoms with van der Waals surface area (Å²) in [4.78, 5) is 0. The molecule has 0 radical (unpaired) electrons. The lowest BCUT2D eigenvalue weighted by atomic mass is 10.2. The molecule has 0 amide bonds. The van der Waals surface area contributed by atoms with E-state index in [1.807, 2.05) is 6.92 Å². The number of methoxy groups -OCH3 is 1. The Labute approximate surface area is 98.0 Å². The van der Waals surface area contributed by atoms with Crippen molar-refractivity contribution in [2.45, 2.75) is 25.8 Å². The SMILES string of the molecule is COCCN(C(C)C1CC1)S(=O)(=O)CCN. The molecule has 0 aromatic carbocycles. The first-order valence-electron chi connectivity index (χ1n) is 5.71. The normalized spacial score (nSPS) is 19.0. The summed E-state index contributed by atoms with van der Waals surface area (Å²) in [5, 5.41) is 0. The maximum Gasteiger partial charge on any atom is 0.215 e. The van der Waals surface area contributed by atoms with E-state index in [-0.39, 0.29) is 18.3 Å². The Morgan fingerprint density at radius 1 is 1.50 bits per heavy atom. The summed E-state index contributed by atoms with van der Waals surface area (Å²) in [5.74, 6) is 0.540. The third-order valence-corrected chi connectivity index (χ3v) is 4.99. The highest BCUT2D eigenvalue weighted by Gasteiger charge is 2.36. The summed E-state index contributed by atoms with van der Waals surface area (Å²) >= 11 is 0. The average Bonchev–Trinajstić information content (AvgIpc) is 3.00. The van der Waals surface area contributed by atoms with Crippen LogP contribution in [-0.4, -0.2) is 51.3 Å². The van der Waals surface area contributed by atoms with Crippen LogP contribution in [-0.2, 0) is 14.8 Å². The number of sulfonamides is 1. The summed E-state index contributed by atoms with van der Waals surface area (Å²) < 4.78 is 30.5. The quantitative estimate of drug-likeness (QED) is 0.659. The van der Waals surface area contributed by atoms with Gasteiger partial charge in [0.2, 0.25) is 10.0 Å². The van der Waals surface area contributed by atoms with Crippen molar-refractivity contribution in [3.8, 4) is 0 Å². The van der Waals surface area contributed by atoms with Crippen molar-refractivity contribution in [1.29, 1.82) is 0 Å². The molecule has 1 atom stereocenters. The zero-order valence-corrected chi connectivity index (χ0v) is 10.9. The Morgan fingerprint density at radius 2 is 2.12 bits per heavy atom. The molecule has 6 heteroatoms. The second-order valence-electron chi connectivity index (χ2n) is 4.29. The van der Waals surface area contributed by atoms with E-state index in [0.717, 1.165) is 12.8 Å². The van der Waals surface area contributed by atoms with E-state index in [9.17, 15) is 8.42 Å². The van der Waals surface area contributed by atoms with E-state index in [4.69, 9.17) is 10.5 Å². The highest BCUT2D eigenvalue weighted by atomic mass is 32.2. The molecular weight excluding hydrogens is 228 g/mol. The lowest BCUT2D eigenvalue weighted by Gasteiger charge is -2.28. The lowest BCUT2D eigenvalue weighted by Crippen LogP contribution is -2.44. The van der Waals surface area contributed by atoms with Crippen LogP contribution in [0.5, 0.6) is 0 Å². The molecule has 1 unspecified atom stereocenters. The number of hydrogen-bond acceptors (Lipinski definition) is 4. The number of nitrogens with zero attached hydrogens (tertiary/aromatic N) is 1. The van der Waals surface area contributed by atoms with E-state index >= 15 is 0 Å². The van der Waals surface area contributed by atoms with Gasteiger partial charge in [0.1, 0.15) is 0 Å². The van der Waals surface area contributed by atoms with Crippen LogP contribution in [0.4, 0.5) is 0 Å². The van der Waals surface area contributed by atoms with Crippen LogP contribution in [0.15, 0.2) is 0 Å². The minimum Gasteiger partial charge on any atom is -0.383 e. The van der Waals surface area contributed by atoms with Gasteiger partial charge in [-0.05, 0) is 25.7 Å². The first-order chi connectivity index (χ1) is 7.53. The van der Waals surface area contributed by atoms with Gasteiger partial charge in [-0.3, -0.25) is 0 Å². The second kappa shape index (κ2) is 5.95. The van der Waals surface area contributed by atoms with Crippen molar-refractivity contribution in [3.05, 3.63) is 0 Å². The fourth-order valence-electron chi connectivity index (χ4n) is 1.86. The van der Waals surface area contributed by atoms with Crippen molar-refractivity contribution >= 4 is 10.0 Å². The Kier molecular flexibility index (Phi) is 5.17. The van der Waals surface area contributed by atoms with Gasteiger partial charge in [0.15, 0.2) is 0 Å². The van der Waals surface area contributed by atoms with E-state index in [2.05, 4.69) is 0 Å². The fourth-order valence-corrected chi connectivity index (χ4v) is 3.42. The van der Waals surface area contributed by atoms with Crippen LogP contribution >= 0.6 is 0 Å². The molecule has 5 nitrogen and oxygen atoms in total. The maximum atomic E-state index is 12.0. The van der Waals surface area contributed by atoms with Crippen molar-refractivity contribution in [2.24, 2.45) is 11.7 Å². The Balaban J connectivity index is 2.68. The number of ether oxygens (including phenoxy) is 1. The molecule has 0 aromatic heterocycles. The first kappa shape index (κ1) is 13.9. The molecule has 1 fully saturated rings. The average molecular weight is 250 g/mol. The molecule has 1 aliphatic rings. The zero-order chi connectivity index (χ0) is 12.2. The summed E-state index contributed by atoms with van der Waals surface area (Å²) in [7, 11) is -1.64. The van der Waals surface area contributed by atoms with Crippen LogP contribution in [0.3, 0.4) is 0 Å². The Bertz CT molecular complexity index is 301. The highest BCUT2D eigenvalue weighted by Crippen LogP contribution is 2.36. The molecule has 0 aromatic rings. The predicted molar refractivity (Wildman–Crippen MR) is 63.6 cm³/mol. The van der Waals surface area contributed by atoms with Gasteiger partial charge in [-0.1, -0.05) is 0 Å². The lowest BCUT2D eigenvalue weighted by molar-refractivity contribution is 0.164. The van der Waals surface area contributed by atoms with Gasteiger partial charge >= 0.3 is 0 Å². The molecule has 1 aliphatic carbocycles. The van der Waals surface area contributed by atoms with Crippen molar-refractivity contribution < 1.29 is 13.2 Å². The summed E-state index contributed by atoms with van der Waals surface area (Å²) in [5.41, 5.74) is 5.34. The van der Waals surface area contributed by atoms with E-state index in [0.29, 0.717) is 19.1 Å². The number of nitrogens with two attached hydrogens (primary N) is 1. The molecule has 96 valence electrons. The molecule has 2 N–H and O–H groups in total. The van der Waals surface area contributed by atoms with Crippen LogP contribution in [0.1, 0.15) is 19.8 Å². The van der Waals surface area contributed by atoms with Gasteiger partial charge in [0, 0.05) is 26.2 Å². The van der Waals surface area contributed by atoms with Crippen molar-refractivity contribution in [1.82, 2.24) is 4.31 Å². The maximum absolute atomic E-state index is 12.0. The van der Waals surface area contributed by atoms with Crippen LogP contribution in [0.2, 0.25) is 0 Å². The molecule has 16 heavy (non-hydrogen) atoms. The standard InChI is InChI=1S/C10H22N2O3S/c1-9(10-3-4-10)12(6-7-15-2)16(13,14)8-5-11/h9-10H,3-8,11H2,1-2H3. The third kappa shape index (κ3) is 3.69. The predicted octanol–water partition coefficient (Wildman–Crippen LogP) is 0.0218. The Morgan fingerprint density at radius 3 is 2.56 bits per heavy atom. The van der Waals surface area contributed by atoms with Crippen LogP contribution in [0, 0.1) is 5.92 Å². The molecule has 0 bridgehead atoms. The van der Waals surface area contributed by atoms with Crippen molar-refractivity contribution in [2.75, 3.05) is 32.6 Å². The summed E-state index contributed by atoms with van der Waals surface area (Å²) in [6.45, 7) is 3.00. The van der Waals surface area contributed by atoms with Gasteiger partial charge in [-0.25, -0.2) is 8.42 Å². The molecular formula is C10H22N2O3S. The summed E-state index contributed by atoms with van der Waals surface area (Å²) in [6.07, 6.45) is 2.26. The van der Waals surface area contributed by atoms with Gasteiger partial charge in [0.05, 0.1) is 12.4 Å². The molecule has 0 aliphatic heterocycles. The second-order valence-corrected chi connectivity index (χ2v) is 6.33. The molecule has 0 spiro atoms. The van der Waals surface area contributed by atoms with Gasteiger partial charge in [0.25, 0.3) is 0 Å². The first-order valence-corrected chi connectivity index (χ1v) is 7.32. The fraction of sp³-hybridized carbons (Fsp3) is 1.00. The minimum atomic E-state index is -3.22. The van der Waals surface area contributed by atoms with Crippen molar-refractivity contribution in [3.63, 3.8) is 0 Å². The topological polar surface area (TPSA) is 72.6 Å². The highest BCUT2D eigenvalue weighted by molar-refractivity contribution is 7.89. The smallest absolute Gasteiger partial charge is 0.215 e. The van der Waals surface area contributed by atoms with E-state index < -0.39 is 10.0 Å². The molecule has 0 heterocycles. The van der Waals surface area contributed by atoms with Gasteiger partial charge < -0.3 is 10.5 Å². The van der Waals surface area contributed by atoms with E-state index in [1.54, 1.807) is 11.4 Å². The molecule has 0 saturated heterocycles. The zero-order valence-electron chi connectivity index (χ0n) is 10.1. The number of hydrogen-bond donors (Lipinski definition) is 1. The minimum absolute atomic E-state index is 0.0216. The third-order valence-electron chi connectivity index (χ3n) is 3.01. The monoisotopic (exact) mass is 250 g/mol. The van der Waals surface area contributed by atoms with E-state index in [1.165, 1.54) is 0 Å². The Hall–Kier alpha value is -0.170. The number of rotatable bonds is 8. The molecule has 1 rings (SSSR count). The van der Waals surface area contributed by atoms with Gasteiger partial charge in [-0.2, -0.15) is 4.31 Å². The summed E-state index contributed by atoms with van der Waals surface area (Å²) in [6, 6.07) is 0.0756.